The third-order valence-corrected chi connectivity index (χ3v) is 4.11. The highest BCUT2D eigenvalue weighted by molar-refractivity contribution is 6.32. The second-order valence-corrected chi connectivity index (χ2v) is 6.10. The molecule has 27 heavy (non-hydrogen) atoms. The number of aryl methyl sites for hydroxylation is 1. The van der Waals surface area contributed by atoms with Gasteiger partial charge in [-0.25, -0.2) is 9.48 Å². The van der Waals surface area contributed by atoms with Gasteiger partial charge in [-0.15, -0.1) is 5.10 Å². The van der Waals surface area contributed by atoms with Crippen molar-refractivity contribution in [3.63, 3.8) is 0 Å². The van der Waals surface area contributed by atoms with Crippen LogP contribution in [-0.2, 0) is 16.1 Å². The van der Waals surface area contributed by atoms with Crippen LogP contribution in [0.5, 0.6) is 5.75 Å². The third kappa shape index (κ3) is 4.47. The number of ether oxygens (including phenoxy) is 2. The molecule has 3 aromatic rings. The van der Waals surface area contributed by atoms with E-state index < -0.39 is 0 Å². The Morgan fingerprint density at radius 2 is 2.07 bits per heavy atom. The van der Waals surface area contributed by atoms with Crippen LogP contribution in [0.4, 0.5) is 5.69 Å². The lowest BCUT2D eigenvalue weighted by Crippen LogP contribution is -2.24. The van der Waals surface area contributed by atoms with Gasteiger partial charge in [0.15, 0.2) is 11.4 Å². The molecule has 0 saturated carbocycles. The zero-order chi connectivity index (χ0) is 19.2. The van der Waals surface area contributed by atoms with E-state index in [0.29, 0.717) is 35.3 Å². The van der Waals surface area contributed by atoms with Gasteiger partial charge in [-0.3, -0.25) is 9.20 Å². The van der Waals surface area contributed by atoms with Crippen LogP contribution in [0, 0.1) is 0 Å². The van der Waals surface area contributed by atoms with Crippen LogP contribution in [0.3, 0.4) is 0 Å². The smallest absolute Gasteiger partial charge is 0.350 e. The lowest BCUT2D eigenvalue weighted by Gasteiger charge is -2.13. The Labute approximate surface area is 160 Å². The van der Waals surface area contributed by atoms with Gasteiger partial charge in [-0.1, -0.05) is 23.7 Å². The molecule has 1 amide bonds. The number of fused-ring (bicyclic) bond motifs is 1. The van der Waals surface area contributed by atoms with Crippen molar-refractivity contribution in [2.75, 3.05) is 25.6 Å². The second kappa shape index (κ2) is 8.70. The summed E-state index contributed by atoms with van der Waals surface area (Å²) in [6.45, 7) is 0.863. The lowest BCUT2D eigenvalue weighted by molar-refractivity contribution is -0.116. The Morgan fingerprint density at radius 3 is 2.85 bits per heavy atom. The van der Waals surface area contributed by atoms with Crippen LogP contribution in [0.2, 0.25) is 5.02 Å². The van der Waals surface area contributed by atoms with E-state index in [9.17, 15) is 9.59 Å². The summed E-state index contributed by atoms with van der Waals surface area (Å²) < 4.78 is 13.2. The van der Waals surface area contributed by atoms with Crippen molar-refractivity contribution in [2.24, 2.45) is 0 Å². The predicted molar refractivity (Wildman–Crippen MR) is 102 cm³/mol. The van der Waals surface area contributed by atoms with Crippen LogP contribution in [0.15, 0.2) is 47.4 Å². The lowest BCUT2D eigenvalue weighted by atomic mass is 10.2. The molecule has 0 unspecified atom stereocenters. The third-order valence-electron chi connectivity index (χ3n) is 3.81. The van der Waals surface area contributed by atoms with Crippen LogP contribution >= 0.6 is 11.6 Å². The number of aromatic nitrogens is 3. The molecule has 8 nitrogen and oxygen atoms in total. The van der Waals surface area contributed by atoms with Gasteiger partial charge < -0.3 is 14.8 Å². The Balaban J connectivity index is 1.66. The van der Waals surface area contributed by atoms with E-state index in [1.165, 1.54) is 9.08 Å². The summed E-state index contributed by atoms with van der Waals surface area (Å²) in [7, 11) is 1.57. The second-order valence-electron chi connectivity index (χ2n) is 5.69. The average Bonchev–Trinajstić information content (AvgIpc) is 2.98. The van der Waals surface area contributed by atoms with Gasteiger partial charge in [0, 0.05) is 19.7 Å². The Morgan fingerprint density at radius 1 is 1.22 bits per heavy atom. The van der Waals surface area contributed by atoms with Crippen molar-refractivity contribution in [1.82, 2.24) is 14.2 Å². The van der Waals surface area contributed by atoms with Gasteiger partial charge >= 0.3 is 5.69 Å². The Kier molecular flexibility index (Phi) is 6.10. The maximum Gasteiger partial charge on any atom is 0.350 e. The van der Waals surface area contributed by atoms with E-state index in [2.05, 4.69) is 10.4 Å². The highest BCUT2D eigenvalue weighted by atomic mass is 35.5. The van der Waals surface area contributed by atoms with Crippen LogP contribution in [-0.4, -0.2) is 40.4 Å². The molecule has 0 bridgehead atoms. The summed E-state index contributed by atoms with van der Waals surface area (Å²) in [5.74, 6) is 0.104. The molecule has 0 atom stereocenters. The van der Waals surface area contributed by atoms with Crippen molar-refractivity contribution in [3.8, 4) is 5.75 Å². The van der Waals surface area contributed by atoms with Crippen LogP contribution in [0.1, 0.15) is 6.42 Å². The number of carbonyl (C=O) groups is 1. The SMILES string of the molecule is COCCOc1c(Cl)cccc1NC(=O)CCn1nc2ccccn2c1=O. The van der Waals surface area contributed by atoms with E-state index in [1.54, 1.807) is 49.7 Å². The molecule has 0 aliphatic carbocycles. The standard InChI is InChI=1S/C18H19ClN4O4/c1-26-11-12-27-17-13(19)5-4-6-14(17)20-16(24)8-10-23-18(25)22-9-3-2-7-15(22)21-23/h2-7,9H,8,10-12H2,1H3,(H,20,24). The van der Waals surface area contributed by atoms with Crippen molar-refractivity contribution in [3.05, 3.63) is 58.1 Å². The first kappa shape index (κ1) is 18.9. The van der Waals surface area contributed by atoms with Crippen molar-refractivity contribution < 1.29 is 14.3 Å². The van der Waals surface area contributed by atoms with Crippen molar-refractivity contribution >= 4 is 28.8 Å². The van der Waals surface area contributed by atoms with Gasteiger partial charge in [-0.2, -0.15) is 0 Å². The normalized spacial score (nSPS) is 10.9. The van der Waals surface area contributed by atoms with Crippen molar-refractivity contribution in [1.29, 1.82) is 0 Å². The molecule has 3 rings (SSSR count). The number of amides is 1. The minimum absolute atomic E-state index is 0.0772. The number of hydrogen-bond donors (Lipinski definition) is 1. The number of pyridine rings is 1. The maximum atomic E-state index is 12.3. The summed E-state index contributed by atoms with van der Waals surface area (Å²) in [5.41, 5.74) is 0.710. The number of benzene rings is 1. The molecule has 0 spiro atoms. The van der Waals surface area contributed by atoms with E-state index >= 15 is 0 Å². The number of nitrogens with one attached hydrogen (secondary N) is 1. The summed E-state index contributed by atoms with van der Waals surface area (Å²) in [6, 6.07) is 10.4. The van der Waals surface area contributed by atoms with Crippen LogP contribution in [0.25, 0.3) is 5.65 Å². The van der Waals surface area contributed by atoms with Gasteiger partial charge in [0.05, 0.1) is 23.9 Å². The minimum Gasteiger partial charge on any atom is -0.487 e. The Hall–Kier alpha value is -2.84. The van der Waals surface area contributed by atoms with Gasteiger partial charge in [0.1, 0.15) is 6.61 Å². The van der Waals surface area contributed by atoms with Crippen molar-refractivity contribution in [2.45, 2.75) is 13.0 Å². The fourth-order valence-corrected chi connectivity index (χ4v) is 2.74. The number of halogens is 1. The molecule has 0 aliphatic heterocycles. The first-order valence-electron chi connectivity index (χ1n) is 8.34. The van der Waals surface area contributed by atoms with Gasteiger partial charge in [0.25, 0.3) is 0 Å². The van der Waals surface area contributed by atoms with E-state index in [0.717, 1.165) is 0 Å². The fraction of sp³-hybridized carbons (Fsp3) is 0.278. The summed E-state index contributed by atoms with van der Waals surface area (Å²) >= 11 is 6.16. The number of carbonyl (C=O) groups excluding carboxylic acids is 1. The summed E-state index contributed by atoms with van der Waals surface area (Å²) in [4.78, 5) is 24.5. The summed E-state index contributed by atoms with van der Waals surface area (Å²) in [6.07, 6.45) is 1.71. The summed E-state index contributed by atoms with van der Waals surface area (Å²) in [5, 5.41) is 7.35. The first-order valence-corrected chi connectivity index (χ1v) is 8.72. The molecule has 0 saturated heterocycles. The number of hydrogen-bond acceptors (Lipinski definition) is 5. The molecule has 1 N–H and O–H groups in total. The van der Waals surface area contributed by atoms with E-state index in [-0.39, 0.29) is 24.6 Å². The quantitative estimate of drug-likeness (QED) is 0.596. The molecular formula is C18H19ClN4O4. The maximum absolute atomic E-state index is 12.3. The number of para-hydroxylation sites is 1. The zero-order valence-electron chi connectivity index (χ0n) is 14.7. The number of methoxy groups -OCH3 is 1. The van der Waals surface area contributed by atoms with Crippen LogP contribution < -0.4 is 15.7 Å². The van der Waals surface area contributed by atoms with Gasteiger partial charge in [0.2, 0.25) is 5.91 Å². The van der Waals surface area contributed by atoms with Gasteiger partial charge in [-0.05, 0) is 24.3 Å². The highest BCUT2D eigenvalue weighted by Crippen LogP contribution is 2.32. The first-order chi connectivity index (χ1) is 13.1. The Bertz CT molecular complexity index is 998. The largest absolute Gasteiger partial charge is 0.487 e. The molecule has 2 heterocycles. The van der Waals surface area contributed by atoms with E-state index in [4.69, 9.17) is 21.1 Å². The predicted octanol–water partition coefficient (Wildman–Crippen LogP) is 2.20. The minimum atomic E-state index is -0.287. The number of anilines is 1. The fourth-order valence-electron chi connectivity index (χ4n) is 2.51. The molecule has 1 aromatic carbocycles. The molecule has 9 heteroatoms. The number of nitrogens with zero attached hydrogens (tertiary/aromatic N) is 3. The number of rotatable bonds is 8. The molecule has 2 aromatic heterocycles. The monoisotopic (exact) mass is 390 g/mol. The zero-order valence-corrected chi connectivity index (χ0v) is 15.5. The molecule has 142 valence electrons. The van der Waals surface area contributed by atoms with E-state index in [1.807, 2.05) is 0 Å². The molecular weight excluding hydrogens is 372 g/mol. The molecule has 0 fully saturated rings. The highest BCUT2D eigenvalue weighted by Gasteiger charge is 2.13. The molecule has 0 aliphatic rings. The molecule has 0 radical (unpaired) electrons. The average molecular weight is 391 g/mol. The topological polar surface area (TPSA) is 86.9 Å².